The number of carbonyl (C=O) groups excluding carboxylic acids is 1. The lowest BCUT2D eigenvalue weighted by molar-refractivity contribution is 0.0925. The Bertz CT molecular complexity index is 714. The van der Waals surface area contributed by atoms with E-state index >= 15 is 0 Å². The first-order chi connectivity index (χ1) is 12.1. The van der Waals surface area contributed by atoms with Crippen LogP contribution in [-0.2, 0) is 6.42 Å². The number of furan rings is 1. The first-order valence-electron chi connectivity index (χ1n) is 8.28. The van der Waals surface area contributed by atoms with Gasteiger partial charge in [-0.25, -0.2) is 4.98 Å². The monoisotopic (exact) mass is 491 g/mol. The lowest BCUT2D eigenvalue weighted by Crippen LogP contribution is -2.39. The molecule has 3 N–H and O–H groups in total. The third-order valence-electron chi connectivity index (χ3n) is 3.52. The van der Waals surface area contributed by atoms with E-state index in [9.17, 15) is 4.79 Å². The second kappa shape index (κ2) is 11.9. The zero-order valence-corrected chi connectivity index (χ0v) is 18.4. The molecule has 2 heterocycles. The van der Waals surface area contributed by atoms with Crippen LogP contribution in [-0.4, -0.2) is 43.5 Å². The number of aliphatic imine (C=N–C) groups is 1. The van der Waals surface area contributed by atoms with Crippen LogP contribution in [0.2, 0.25) is 0 Å². The number of aromatic nitrogens is 1. The van der Waals surface area contributed by atoms with E-state index in [1.165, 1.54) is 11.1 Å². The Kier molecular flexibility index (Phi) is 10.3. The van der Waals surface area contributed by atoms with Gasteiger partial charge in [0.25, 0.3) is 5.91 Å². The van der Waals surface area contributed by atoms with Gasteiger partial charge in [0.1, 0.15) is 0 Å². The molecule has 26 heavy (non-hydrogen) atoms. The molecule has 0 saturated carbocycles. The highest BCUT2D eigenvalue weighted by molar-refractivity contribution is 14.0. The van der Waals surface area contributed by atoms with E-state index in [2.05, 4.69) is 32.9 Å². The Morgan fingerprint density at radius 1 is 1.23 bits per heavy atom. The zero-order chi connectivity index (χ0) is 18.1. The minimum atomic E-state index is -0.177. The highest BCUT2D eigenvalue weighted by Gasteiger charge is 2.11. The zero-order valence-electron chi connectivity index (χ0n) is 15.3. The van der Waals surface area contributed by atoms with Crippen LogP contribution in [0.25, 0.3) is 0 Å². The van der Waals surface area contributed by atoms with Crippen LogP contribution in [0.3, 0.4) is 0 Å². The topological polar surface area (TPSA) is 91.5 Å². The molecule has 0 bridgehead atoms. The molecule has 0 aliphatic rings. The van der Waals surface area contributed by atoms with Gasteiger partial charge in [0.05, 0.1) is 11.3 Å². The van der Waals surface area contributed by atoms with E-state index in [1.54, 1.807) is 24.5 Å². The summed E-state index contributed by atoms with van der Waals surface area (Å²) in [5.74, 6) is 0.952. The van der Waals surface area contributed by atoms with Gasteiger partial charge in [0.2, 0.25) is 0 Å². The SMILES string of the molecule is CN=C(NCCCNC(=O)c1occc1C)NCCc1ncc(C)s1.I. The first kappa shape index (κ1) is 22.4. The number of guanidine groups is 1. The molecule has 0 aliphatic heterocycles. The number of nitrogens with one attached hydrogen (secondary N) is 3. The molecule has 0 atom stereocenters. The molecular weight excluding hydrogens is 465 g/mol. The molecule has 9 heteroatoms. The summed E-state index contributed by atoms with van der Waals surface area (Å²) in [5.41, 5.74) is 0.843. The minimum absolute atomic E-state index is 0. The van der Waals surface area contributed by atoms with Gasteiger partial charge in [0, 0.05) is 49.7 Å². The molecule has 0 aromatic carbocycles. The smallest absolute Gasteiger partial charge is 0.287 e. The predicted molar refractivity (Wildman–Crippen MR) is 116 cm³/mol. The number of aryl methyl sites for hydroxylation is 2. The van der Waals surface area contributed by atoms with Crippen LogP contribution in [0, 0.1) is 13.8 Å². The number of hydrogen-bond donors (Lipinski definition) is 3. The second-order valence-electron chi connectivity index (χ2n) is 5.58. The van der Waals surface area contributed by atoms with Gasteiger partial charge in [-0.2, -0.15) is 0 Å². The number of hydrogen-bond acceptors (Lipinski definition) is 5. The van der Waals surface area contributed by atoms with E-state index in [0.717, 1.165) is 35.9 Å². The Balaban J connectivity index is 0.00000338. The molecule has 1 amide bonds. The minimum Gasteiger partial charge on any atom is -0.459 e. The van der Waals surface area contributed by atoms with Gasteiger partial charge in [0.15, 0.2) is 11.7 Å². The fourth-order valence-electron chi connectivity index (χ4n) is 2.21. The van der Waals surface area contributed by atoms with Crippen molar-refractivity contribution in [3.63, 3.8) is 0 Å². The lowest BCUT2D eigenvalue weighted by atomic mass is 10.2. The van der Waals surface area contributed by atoms with Crippen LogP contribution < -0.4 is 16.0 Å². The number of halogens is 1. The van der Waals surface area contributed by atoms with Gasteiger partial charge >= 0.3 is 0 Å². The normalized spacial score (nSPS) is 11.0. The summed E-state index contributed by atoms with van der Waals surface area (Å²) < 4.78 is 5.16. The summed E-state index contributed by atoms with van der Waals surface area (Å²) in [6.07, 6.45) is 5.08. The van der Waals surface area contributed by atoms with Gasteiger partial charge in [-0.05, 0) is 26.3 Å². The fourth-order valence-corrected chi connectivity index (χ4v) is 2.99. The van der Waals surface area contributed by atoms with Crippen molar-refractivity contribution < 1.29 is 9.21 Å². The molecule has 0 aliphatic carbocycles. The maximum absolute atomic E-state index is 11.9. The number of amides is 1. The molecule has 0 saturated heterocycles. The highest BCUT2D eigenvalue weighted by atomic mass is 127. The molecule has 0 fully saturated rings. The Morgan fingerprint density at radius 3 is 2.58 bits per heavy atom. The molecule has 144 valence electrons. The van der Waals surface area contributed by atoms with Gasteiger partial charge in [-0.1, -0.05) is 0 Å². The average molecular weight is 491 g/mol. The Morgan fingerprint density at radius 2 is 1.96 bits per heavy atom. The molecule has 2 rings (SSSR count). The van der Waals surface area contributed by atoms with E-state index in [1.807, 2.05) is 13.1 Å². The second-order valence-corrected chi connectivity index (χ2v) is 6.90. The molecule has 2 aromatic heterocycles. The Labute approximate surface area is 175 Å². The van der Waals surface area contributed by atoms with E-state index < -0.39 is 0 Å². The average Bonchev–Trinajstić information content (AvgIpc) is 3.21. The maximum Gasteiger partial charge on any atom is 0.287 e. The number of rotatable bonds is 8. The third-order valence-corrected chi connectivity index (χ3v) is 4.50. The standard InChI is InChI=1S/C17H25N5O2S.HI/c1-12-6-10-24-15(12)16(23)19-7-4-8-20-17(18-3)21-9-5-14-22-11-13(2)25-14;/h6,10-11H,4-5,7-9H2,1-3H3,(H,19,23)(H2,18,20,21);1H. The van der Waals surface area contributed by atoms with Crippen molar-refractivity contribution in [3.8, 4) is 0 Å². The van der Waals surface area contributed by atoms with E-state index in [4.69, 9.17) is 4.42 Å². The summed E-state index contributed by atoms with van der Waals surface area (Å²) >= 11 is 1.71. The van der Waals surface area contributed by atoms with Crippen molar-refractivity contribution in [1.29, 1.82) is 0 Å². The van der Waals surface area contributed by atoms with Crippen LogP contribution >= 0.6 is 35.3 Å². The van der Waals surface area contributed by atoms with Crippen LogP contribution in [0.1, 0.15) is 32.4 Å². The largest absolute Gasteiger partial charge is 0.459 e. The maximum atomic E-state index is 11.9. The molecule has 0 unspecified atom stereocenters. The van der Waals surface area contributed by atoms with Gasteiger partial charge in [-0.3, -0.25) is 9.79 Å². The summed E-state index contributed by atoms with van der Waals surface area (Å²) in [5, 5.41) is 10.5. The number of thiazole rings is 1. The van der Waals surface area contributed by atoms with Crippen LogP contribution in [0.4, 0.5) is 0 Å². The van der Waals surface area contributed by atoms with Crippen molar-refractivity contribution in [3.05, 3.63) is 39.7 Å². The van der Waals surface area contributed by atoms with Crippen LogP contribution in [0.5, 0.6) is 0 Å². The molecular formula is C17H26IN5O2S. The summed E-state index contributed by atoms with van der Waals surface area (Å²) in [4.78, 5) is 21.6. The molecule has 2 aromatic rings. The van der Waals surface area contributed by atoms with Gasteiger partial charge in [-0.15, -0.1) is 35.3 Å². The third kappa shape index (κ3) is 7.32. The van der Waals surface area contributed by atoms with Crippen molar-refractivity contribution in [2.24, 2.45) is 4.99 Å². The predicted octanol–water partition coefficient (Wildman–Crippen LogP) is 2.50. The van der Waals surface area contributed by atoms with Crippen molar-refractivity contribution in [1.82, 2.24) is 20.9 Å². The highest BCUT2D eigenvalue weighted by Crippen LogP contribution is 2.10. The van der Waals surface area contributed by atoms with Gasteiger partial charge < -0.3 is 20.4 Å². The van der Waals surface area contributed by atoms with Crippen molar-refractivity contribution >= 4 is 47.2 Å². The summed E-state index contributed by atoms with van der Waals surface area (Å²) in [7, 11) is 1.74. The molecule has 0 spiro atoms. The van der Waals surface area contributed by atoms with E-state index in [0.29, 0.717) is 18.8 Å². The number of nitrogens with zero attached hydrogens (tertiary/aromatic N) is 2. The number of carbonyl (C=O) groups is 1. The molecule has 0 radical (unpaired) electrons. The quantitative estimate of drug-likeness (QED) is 0.229. The van der Waals surface area contributed by atoms with Crippen LogP contribution in [0.15, 0.2) is 27.9 Å². The summed E-state index contributed by atoms with van der Waals surface area (Å²) in [6, 6.07) is 1.78. The first-order valence-corrected chi connectivity index (χ1v) is 9.10. The lowest BCUT2D eigenvalue weighted by Gasteiger charge is -2.11. The Hall–Kier alpha value is -1.62. The molecule has 7 nitrogen and oxygen atoms in total. The van der Waals surface area contributed by atoms with E-state index in [-0.39, 0.29) is 29.9 Å². The van der Waals surface area contributed by atoms with Crippen molar-refractivity contribution in [2.75, 3.05) is 26.7 Å². The van der Waals surface area contributed by atoms with Crippen molar-refractivity contribution in [2.45, 2.75) is 26.7 Å². The fraction of sp³-hybridized carbons (Fsp3) is 0.471. The summed E-state index contributed by atoms with van der Waals surface area (Å²) in [6.45, 7) is 5.97.